The summed E-state index contributed by atoms with van der Waals surface area (Å²) in [5, 5.41) is 8.41. The molecule has 0 aromatic heterocycles. The van der Waals surface area contributed by atoms with E-state index < -0.39 is 5.97 Å². The number of rotatable bonds is 45. The van der Waals surface area contributed by atoms with Crippen molar-refractivity contribution >= 4 is 5.97 Å². The highest BCUT2D eigenvalue weighted by atomic mass is 16.4. The summed E-state index contributed by atoms with van der Waals surface area (Å²) < 4.78 is 0. The standard InChI is InChI=1S/C38H79N.C12H24O2/c1-4-6-8-10-12-14-16-18-20-22-24-26-28-30-32-34-36-38-39(3)37-35-33-31-29-27-25-23-21-19-17-15-13-11-9-7-5-2;1-2-3-4-5-6-7-8-9-10-11-12(13)14/h4-38H2,1-3H3;2-11H2,1H3,(H,13,14). The SMILES string of the molecule is CCCCCCCCCCCC(=O)O.CCCCCCCCCCCCCCCCCCCN(C)CCCCCCCCCCCCCCCCCC. The van der Waals surface area contributed by atoms with Crippen LogP contribution < -0.4 is 0 Å². The number of aliphatic carboxylic acids is 1. The minimum atomic E-state index is -0.659. The summed E-state index contributed by atoms with van der Waals surface area (Å²) in [5.74, 6) is -0.659. The molecule has 320 valence electrons. The lowest BCUT2D eigenvalue weighted by Gasteiger charge is -2.16. The Morgan fingerprint density at radius 2 is 0.472 bits per heavy atom. The topological polar surface area (TPSA) is 40.5 Å². The van der Waals surface area contributed by atoms with Crippen LogP contribution in [0.15, 0.2) is 0 Å². The summed E-state index contributed by atoms with van der Waals surface area (Å²) in [5.41, 5.74) is 0. The summed E-state index contributed by atoms with van der Waals surface area (Å²) in [7, 11) is 2.34. The van der Waals surface area contributed by atoms with Crippen molar-refractivity contribution in [1.82, 2.24) is 4.90 Å². The predicted molar refractivity (Wildman–Crippen MR) is 241 cm³/mol. The molecule has 3 nitrogen and oxygen atoms in total. The minimum Gasteiger partial charge on any atom is -0.481 e. The lowest BCUT2D eigenvalue weighted by Crippen LogP contribution is -2.20. The molecule has 0 saturated carbocycles. The second-order valence-electron chi connectivity index (χ2n) is 17.2. The number of carbonyl (C=O) groups is 1. The van der Waals surface area contributed by atoms with Gasteiger partial charge in [-0.15, -0.1) is 0 Å². The number of carboxylic acid groups (broad SMARTS) is 1. The Bertz CT molecular complexity index is 637. The van der Waals surface area contributed by atoms with Crippen LogP contribution in [0.4, 0.5) is 0 Å². The third-order valence-electron chi connectivity index (χ3n) is 11.5. The van der Waals surface area contributed by atoms with E-state index in [2.05, 4.69) is 32.7 Å². The monoisotopic (exact) mass is 750 g/mol. The second-order valence-corrected chi connectivity index (χ2v) is 17.2. The highest BCUT2D eigenvalue weighted by molar-refractivity contribution is 5.66. The smallest absolute Gasteiger partial charge is 0.303 e. The zero-order valence-electron chi connectivity index (χ0n) is 37.6. The van der Waals surface area contributed by atoms with E-state index in [1.165, 1.54) is 270 Å². The Morgan fingerprint density at radius 1 is 0.302 bits per heavy atom. The van der Waals surface area contributed by atoms with E-state index in [9.17, 15) is 4.79 Å². The molecule has 0 aliphatic heterocycles. The molecule has 0 rings (SSSR count). The Balaban J connectivity index is 0. The Labute approximate surface area is 336 Å². The van der Waals surface area contributed by atoms with Crippen molar-refractivity contribution in [2.45, 2.75) is 297 Å². The van der Waals surface area contributed by atoms with Gasteiger partial charge < -0.3 is 10.0 Å². The first-order valence-electron chi connectivity index (χ1n) is 25.0. The van der Waals surface area contributed by atoms with Crippen molar-refractivity contribution in [2.24, 2.45) is 0 Å². The Hall–Kier alpha value is -0.570. The molecule has 0 aliphatic rings. The molecule has 0 saturated heterocycles. The summed E-state index contributed by atoms with van der Waals surface area (Å²) in [6, 6.07) is 0. The van der Waals surface area contributed by atoms with Crippen LogP contribution in [0, 0.1) is 0 Å². The van der Waals surface area contributed by atoms with Gasteiger partial charge in [-0.25, -0.2) is 0 Å². The molecule has 0 atom stereocenters. The number of hydrogen-bond acceptors (Lipinski definition) is 2. The first kappa shape index (κ1) is 54.5. The molecular formula is C50H103NO2. The van der Waals surface area contributed by atoms with Crippen LogP contribution in [0.2, 0.25) is 0 Å². The molecule has 0 spiro atoms. The zero-order chi connectivity index (χ0) is 39.0. The third-order valence-corrected chi connectivity index (χ3v) is 11.5. The van der Waals surface area contributed by atoms with Crippen LogP contribution >= 0.6 is 0 Å². The maximum atomic E-state index is 10.2. The van der Waals surface area contributed by atoms with Gasteiger partial charge in [-0.3, -0.25) is 4.79 Å². The quantitative estimate of drug-likeness (QED) is 0.0630. The zero-order valence-corrected chi connectivity index (χ0v) is 37.6. The highest BCUT2D eigenvalue weighted by Crippen LogP contribution is 2.16. The van der Waals surface area contributed by atoms with E-state index in [1.54, 1.807) is 0 Å². The van der Waals surface area contributed by atoms with Crippen molar-refractivity contribution in [2.75, 3.05) is 20.1 Å². The van der Waals surface area contributed by atoms with E-state index in [-0.39, 0.29) is 0 Å². The maximum Gasteiger partial charge on any atom is 0.303 e. The summed E-state index contributed by atoms with van der Waals surface area (Å²) in [6.07, 6.45) is 59.8. The van der Waals surface area contributed by atoms with Gasteiger partial charge in [0.2, 0.25) is 0 Å². The Morgan fingerprint density at radius 3 is 0.660 bits per heavy atom. The first-order chi connectivity index (χ1) is 26.1. The van der Waals surface area contributed by atoms with E-state index >= 15 is 0 Å². The van der Waals surface area contributed by atoms with Crippen LogP contribution in [-0.4, -0.2) is 36.1 Å². The lowest BCUT2D eigenvalue weighted by molar-refractivity contribution is -0.137. The predicted octanol–water partition coefficient (Wildman–Crippen LogP) is 17.8. The minimum absolute atomic E-state index is 0.343. The number of unbranched alkanes of at least 4 members (excludes halogenated alkanes) is 39. The van der Waals surface area contributed by atoms with Gasteiger partial charge in [0.25, 0.3) is 0 Å². The van der Waals surface area contributed by atoms with E-state index in [0.717, 1.165) is 12.8 Å². The third kappa shape index (κ3) is 55.9. The molecule has 53 heavy (non-hydrogen) atoms. The second kappa shape index (κ2) is 51.4. The van der Waals surface area contributed by atoms with Gasteiger partial charge in [-0.2, -0.15) is 0 Å². The van der Waals surface area contributed by atoms with Crippen LogP contribution in [-0.2, 0) is 4.79 Å². The molecule has 0 unspecified atom stereocenters. The van der Waals surface area contributed by atoms with Gasteiger partial charge in [0.1, 0.15) is 0 Å². The van der Waals surface area contributed by atoms with Gasteiger partial charge in [-0.05, 0) is 39.4 Å². The van der Waals surface area contributed by atoms with Crippen LogP contribution in [0.25, 0.3) is 0 Å². The molecule has 1 N–H and O–H groups in total. The molecular weight excluding hydrogens is 647 g/mol. The molecule has 0 radical (unpaired) electrons. The fraction of sp³-hybridized carbons (Fsp3) is 0.980. The number of carboxylic acids is 1. The van der Waals surface area contributed by atoms with Gasteiger partial charge >= 0.3 is 5.97 Å². The molecule has 0 aromatic carbocycles. The van der Waals surface area contributed by atoms with E-state index in [0.29, 0.717) is 6.42 Å². The van der Waals surface area contributed by atoms with Crippen LogP contribution in [0.1, 0.15) is 297 Å². The maximum absolute atomic E-state index is 10.2. The van der Waals surface area contributed by atoms with Gasteiger partial charge in [0.05, 0.1) is 0 Å². The molecule has 0 aromatic rings. The summed E-state index contributed by atoms with van der Waals surface area (Å²) in [6.45, 7) is 9.48. The van der Waals surface area contributed by atoms with Gasteiger partial charge in [-0.1, -0.05) is 271 Å². The van der Waals surface area contributed by atoms with Gasteiger partial charge in [0, 0.05) is 6.42 Å². The van der Waals surface area contributed by atoms with Crippen molar-refractivity contribution in [3.05, 3.63) is 0 Å². The van der Waals surface area contributed by atoms with Crippen molar-refractivity contribution < 1.29 is 9.90 Å². The highest BCUT2D eigenvalue weighted by Gasteiger charge is 2.01. The van der Waals surface area contributed by atoms with Crippen molar-refractivity contribution in [3.8, 4) is 0 Å². The van der Waals surface area contributed by atoms with E-state index in [1.807, 2.05) is 0 Å². The fourth-order valence-corrected chi connectivity index (χ4v) is 7.74. The van der Waals surface area contributed by atoms with Crippen molar-refractivity contribution in [1.29, 1.82) is 0 Å². The molecule has 0 heterocycles. The van der Waals surface area contributed by atoms with E-state index in [4.69, 9.17) is 5.11 Å². The normalized spacial score (nSPS) is 11.3. The van der Waals surface area contributed by atoms with Crippen LogP contribution in [0.3, 0.4) is 0 Å². The number of hydrogen-bond donors (Lipinski definition) is 1. The van der Waals surface area contributed by atoms with Gasteiger partial charge in [0.15, 0.2) is 0 Å². The molecule has 0 amide bonds. The fourth-order valence-electron chi connectivity index (χ4n) is 7.74. The summed E-state index contributed by atoms with van der Waals surface area (Å²) in [4.78, 5) is 12.8. The Kier molecular flexibility index (Phi) is 52.9. The molecule has 0 aliphatic carbocycles. The molecule has 3 heteroatoms. The first-order valence-corrected chi connectivity index (χ1v) is 25.0. The average molecular weight is 750 g/mol. The molecule has 0 fully saturated rings. The van der Waals surface area contributed by atoms with Crippen LogP contribution in [0.5, 0.6) is 0 Å². The molecule has 0 bridgehead atoms. The summed E-state index contributed by atoms with van der Waals surface area (Å²) >= 11 is 0. The average Bonchev–Trinajstić information content (AvgIpc) is 3.15. The lowest BCUT2D eigenvalue weighted by atomic mass is 10.0. The number of nitrogens with zero attached hydrogens (tertiary/aromatic N) is 1. The largest absolute Gasteiger partial charge is 0.481 e. The van der Waals surface area contributed by atoms with Crippen molar-refractivity contribution in [3.63, 3.8) is 0 Å².